The Kier molecular flexibility index (Phi) is 7.05. The number of piperazine rings is 1. The zero-order valence-electron chi connectivity index (χ0n) is 17.1. The molecular weight excluding hydrogens is 386 g/mol. The van der Waals surface area contributed by atoms with E-state index in [1.807, 2.05) is 12.1 Å². The van der Waals surface area contributed by atoms with Gasteiger partial charge in [-0.05, 0) is 35.9 Å². The Labute approximate surface area is 173 Å². The van der Waals surface area contributed by atoms with Crippen LogP contribution in [0.1, 0.15) is 27.0 Å². The minimum absolute atomic E-state index is 0.0670. The van der Waals surface area contributed by atoms with Crippen molar-refractivity contribution in [1.82, 2.24) is 15.1 Å². The quantitative estimate of drug-likeness (QED) is 0.748. The lowest BCUT2D eigenvalue weighted by Crippen LogP contribution is -2.43. The van der Waals surface area contributed by atoms with Crippen LogP contribution in [0, 0.1) is 0 Å². The van der Waals surface area contributed by atoms with Crippen LogP contribution in [0.15, 0.2) is 48.5 Å². The van der Waals surface area contributed by atoms with Crippen molar-refractivity contribution < 1.29 is 13.2 Å². The molecule has 0 bridgehead atoms. The number of likely N-dealkylation sites (N-methyl/N-ethyl adjacent to an activating group) is 1. The molecule has 0 aromatic heterocycles. The molecule has 1 amide bonds. The lowest BCUT2D eigenvalue weighted by atomic mass is 10.1. The van der Waals surface area contributed by atoms with Gasteiger partial charge in [0.1, 0.15) is 0 Å². The summed E-state index contributed by atoms with van der Waals surface area (Å²) < 4.78 is 23.0. The maximum Gasteiger partial charge on any atom is 0.251 e. The van der Waals surface area contributed by atoms with Crippen LogP contribution in [0.3, 0.4) is 0 Å². The summed E-state index contributed by atoms with van der Waals surface area (Å²) in [4.78, 5) is 17.3. The summed E-state index contributed by atoms with van der Waals surface area (Å²) in [6.07, 6.45) is 1.19. The minimum atomic E-state index is -3.13. The molecule has 0 unspecified atom stereocenters. The van der Waals surface area contributed by atoms with Gasteiger partial charge in [0.15, 0.2) is 9.84 Å². The van der Waals surface area contributed by atoms with Gasteiger partial charge in [0.25, 0.3) is 5.91 Å². The molecule has 3 rings (SSSR count). The smallest absolute Gasteiger partial charge is 0.251 e. The molecular formula is C22H29N3O3S. The van der Waals surface area contributed by atoms with Crippen molar-refractivity contribution in [2.45, 2.75) is 18.8 Å². The Morgan fingerprint density at radius 2 is 1.62 bits per heavy atom. The number of benzene rings is 2. The summed E-state index contributed by atoms with van der Waals surface area (Å²) in [6.45, 7) is 5.68. The SMILES string of the molecule is CN1CCN(Cc2cccc(CNC(=O)c3cccc(CS(C)(=O)=O)c3)c2)CC1. The van der Waals surface area contributed by atoms with E-state index in [0.717, 1.165) is 38.3 Å². The highest BCUT2D eigenvalue weighted by molar-refractivity contribution is 7.89. The van der Waals surface area contributed by atoms with Crippen LogP contribution in [0.5, 0.6) is 0 Å². The Balaban J connectivity index is 1.57. The molecule has 6 nitrogen and oxygen atoms in total. The number of sulfone groups is 1. The van der Waals surface area contributed by atoms with Gasteiger partial charge in [0, 0.05) is 51.1 Å². The third kappa shape index (κ3) is 6.96. The zero-order valence-corrected chi connectivity index (χ0v) is 17.9. The number of nitrogens with one attached hydrogen (secondary N) is 1. The van der Waals surface area contributed by atoms with Crippen LogP contribution >= 0.6 is 0 Å². The van der Waals surface area contributed by atoms with Crippen molar-refractivity contribution >= 4 is 15.7 Å². The summed E-state index contributed by atoms with van der Waals surface area (Å²) in [5, 5.41) is 2.93. The van der Waals surface area contributed by atoms with Crippen molar-refractivity contribution in [2.75, 3.05) is 39.5 Å². The van der Waals surface area contributed by atoms with Crippen molar-refractivity contribution in [3.05, 3.63) is 70.8 Å². The molecule has 0 aliphatic carbocycles. The third-order valence-electron chi connectivity index (χ3n) is 5.06. The molecule has 1 saturated heterocycles. The Bertz CT molecular complexity index is 951. The first-order valence-electron chi connectivity index (χ1n) is 9.82. The van der Waals surface area contributed by atoms with E-state index >= 15 is 0 Å². The molecule has 2 aromatic carbocycles. The second-order valence-corrected chi connectivity index (χ2v) is 9.99. The number of rotatable bonds is 7. The van der Waals surface area contributed by atoms with Crippen LogP contribution in [0.4, 0.5) is 0 Å². The number of hydrogen-bond acceptors (Lipinski definition) is 5. The Morgan fingerprint density at radius 3 is 2.34 bits per heavy atom. The molecule has 29 heavy (non-hydrogen) atoms. The monoisotopic (exact) mass is 415 g/mol. The standard InChI is InChI=1S/C22H29N3O3S/c1-24-9-11-25(12-10-24)16-19-6-3-5-18(13-19)15-23-22(26)21-8-4-7-20(14-21)17-29(2,27)28/h3-8,13-14H,9-12,15-17H2,1-2H3,(H,23,26). The summed E-state index contributed by atoms with van der Waals surface area (Å²) in [6, 6.07) is 15.1. The summed E-state index contributed by atoms with van der Waals surface area (Å²) >= 11 is 0. The summed E-state index contributed by atoms with van der Waals surface area (Å²) in [5.41, 5.74) is 3.39. The summed E-state index contributed by atoms with van der Waals surface area (Å²) in [7, 11) is -0.983. The van der Waals surface area contributed by atoms with Crippen molar-refractivity contribution in [2.24, 2.45) is 0 Å². The number of amides is 1. The largest absolute Gasteiger partial charge is 0.348 e. The Morgan fingerprint density at radius 1 is 0.966 bits per heavy atom. The highest BCUT2D eigenvalue weighted by Crippen LogP contribution is 2.12. The van der Waals surface area contributed by atoms with E-state index < -0.39 is 9.84 Å². The predicted molar refractivity (Wildman–Crippen MR) is 115 cm³/mol. The molecule has 156 valence electrons. The molecule has 0 saturated carbocycles. The highest BCUT2D eigenvalue weighted by Gasteiger charge is 2.14. The minimum Gasteiger partial charge on any atom is -0.348 e. The van der Waals surface area contributed by atoms with Gasteiger partial charge in [-0.2, -0.15) is 0 Å². The number of hydrogen-bond donors (Lipinski definition) is 1. The lowest BCUT2D eigenvalue weighted by molar-refractivity contribution is 0.0950. The first-order chi connectivity index (χ1) is 13.8. The maximum atomic E-state index is 12.5. The average molecular weight is 416 g/mol. The second-order valence-electron chi connectivity index (χ2n) is 7.85. The highest BCUT2D eigenvalue weighted by atomic mass is 32.2. The van der Waals surface area contributed by atoms with Crippen molar-refractivity contribution in [3.8, 4) is 0 Å². The second kappa shape index (κ2) is 9.52. The number of carbonyl (C=O) groups is 1. The van der Waals surface area contributed by atoms with Crippen LogP contribution in [0.25, 0.3) is 0 Å². The summed E-state index contributed by atoms with van der Waals surface area (Å²) in [5.74, 6) is -0.271. The molecule has 1 N–H and O–H groups in total. The average Bonchev–Trinajstić information content (AvgIpc) is 2.67. The molecule has 0 atom stereocenters. The zero-order chi connectivity index (χ0) is 20.9. The van der Waals surface area contributed by atoms with E-state index in [-0.39, 0.29) is 11.7 Å². The van der Waals surface area contributed by atoms with E-state index in [1.54, 1.807) is 24.3 Å². The van der Waals surface area contributed by atoms with E-state index in [0.29, 0.717) is 17.7 Å². The van der Waals surface area contributed by atoms with Crippen molar-refractivity contribution in [1.29, 1.82) is 0 Å². The van der Waals surface area contributed by atoms with Gasteiger partial charge in [-0.1, -0.05) is 36.4 Å². The van der Waals surface area contributed by atoms with Gasteiger partial charge in [-0.3, -0.25) is 9.69 Å². The van der Waals surface area contributed by atoms with Crippen LogP contribution < -0.4 is 5.32 Å². The molecule has 1 heterocycles. The fourth-order valence-electron chi connectivity index (χ4n) is 3.49. The molecule has 1 aliphatic rings. The Hall–Kier alpha value is -2.22. The topological polar surface area (TPSA) is 69.7 Å². The molecule has 0 radical (unpaired) electrons. The van der Waals surface area contributed by atoms with Gasteiger partial charge in [0.2, 0.25) is 0 Å². The third-order valence-corrected chi connectivity index (χ3v) is 5.92. The molecule has 1 aliphatic heterocycles. The van der Waals surface area contributed by atoms with Crippen LogP contribution in [-0.4, -0.2) is 63.6 Å². The van der Waals surface area contributed by atoms with Gasteiger partial charge in [-0.15, -0.1) is 0 Å². The number of nitrogens with zero attached hydrogens (tertiary/aromatic N) is 2. The fraction of sp³-hybridized carbons (Fsp3) is 0.409. The first kappa shape index (κ1) is 21.5. The van der Waals surface area contributed by atoms with E-state index in [9.17, 15) is 13.2 Å². The van der Waals surface area contributed by atoms with Gasteiger partial charge in [0.05, 0.1) is 5.75 Å². The first-order valence-corrected chi connectivity index (χ1v) is 11.9. The van der Waals surface area contributed by atoms with Gasteiger partial charge < -0.3 is 10.2 Å². The lowest BCUT2D eigenvalue weighted by Gasteiger charge is -2.32. The van der Waals surface area contributed by atoms with E-state index in [4.69, 9.17) is 0 Å². The normalized spacial score (nSPS) is 15.9. The maximum absolute atomic E-state index is 12.5. The number of carbonyl (C=O) groups excluding carboxylic acids is 1. The fourth-order valence-corrected chi connectivity index (χ4v) is 4.28. The van der Waals surface area contributed by atoms with Crippen LogP contribution in [-0.2, 0) is 28.7 Å². The van der Waals surface area contributed by atoms with E-state index in [1.165, 1.54) is 11.8 Å². The molecule has 1 fully saturated rings. The molecule has 2 aromatic rings. The molecule has 0 spiro atoms. The van der Waals surface area contributed by atoms with Crippen LogP contribution in [0.2, 0.25) is 0 Å². The van der Waals surface area contributed by atoms with Gasteiger partial charge >= 0.3 is 0 Å². The van der Waals surface area contributed by atoms with Crippen molar-refractivity contribution in [3.63, 3.8) is 0 Å². The van der Waals surface area contributed by atoms with E-state index in [2.05, 4.69) is 34.3 Å². The molecule has 7 heteroatoms. The predicted octanol–water partition coefficient (Wildman–Crippen LogP) is 1.91. The van der Waals surface area contributed by atoms with Gasteiger partial charge in [-0.25, -0.2) is 8.42 Å².